The molecule has 0 aliphatic rings. The van der Waals surface area contributed by atoms with E-state index >= 15 is 0 Å². The van der Waals surface area contributed by atoms with Crippen LogP contribution in [-0.4, -0.2) is 25.9 Å². The van der Waals surface area contributed by atoms with Crippen LogP contribution in [0.25, 0.3) is 0 Å². The Morgan fingerprint density at radius 2 is 1.91 bits per heavy atom. The maximum atomic E-state index is 13.9. The van der Waals surface area contributed by atoms with Gasteiger partial charge in [-0.25, -0.2) is 8.78 Å². The fraction of sp³-hybridized carbons (Fsp3) is 0.348. The number of carbonyl (C=O) groups is 1. The first-order valence-corrected chi connectivity index (χ1v) is 11.8. The van der Waals surface area contributed by atoms with Crippen molar-refractivity contribution in [2.24, 2.45) is 0 Å². The lowest BCUT2D eigenvalue weighted by Crippen LogP contribution is -2.24. The largest absolute Gasteiger partial charge is 0.484 e. The molecule has 1 aromatic heterocycles. The molecular weight excluding hydrogens is 470 g/mol. The summed E-state index contributed by atoms with van der Waals surface area (Å²) in [5, 5.41) is 11.5. The smallest absolute Gasteiger partial charge is 0.237 e. The van der Waals surface area contributed by atoms with Gasteiger partial charge in [-0.1, -0.05) is 49.3 Å². The Bertz CT molecular complexity index is 1110. The van der Waals surface area contributed by atoms with E-state index in [1.54, 1.807) is 19.1 Å². The number of hydrogen-bond acceptors (Lipinski definition) is 5. The highest BCUT2D eigenvalue weighted by Gasteiger charge is 2.24. The zero-order valence-corrected chi connectivity index (χ0v) is 20.1. The summed E-state index contributed by atoms with van der Waals surface area (Å²) in [6, 6.07) is 10.3. The van der Waals surface area contributed by atoms with Crippen LogP contribution < -0.4 is 10.1 Å². The zero-order valence-electron chi connectivity index (χ0n) is 18.5. The van der Waals surface area contributed by atoms with Crippen molar-refractivity contribution in [3.63, 3.8) is 0 Å². The van der Waals surface area contributed by atoms with Crippen molar-refractivity contribution in [2.75, 3.05) is 5.32 Å². The van der Waals surface area contributed by atoms with E-state index in [0.717, 1.165) is 25.0 Å². The van der Waals surface area contributed by atoms with E-state index in [1.807, 2.05) is 16.7 Å². The molecular formula is C23H25ClF2N4O2S. The number of para-hydroxylation sites is 1. The number of halogens is 3. The van der Waals surface area contributed by atoms with Crippen molar-refractivity contribution in [3.05, 3.63) is 64.9 Å². The third-order valence-corrected chi connectivity index (χ3v) is 6.45. The molecule has 0 saturated heterocycles. The number of rotatable bonds is 10. The average Bonchev–Trinajstić information content (AvgIpc) is 3.18. The van der Waals surface area contributed by atoms with Gasteiger partial charge in [0.15, 0.2) is 11.0 Å². The normalized spacial score (nSPS) is 12.1. The molecule has 2 aromatic carbocycles. The van der Waals surface area contributed by atoms with Gasteiger partial charge < -0.3 is 14.6 Å². The van der Waals surface area contributed by atoms with Gasteiger partial charge in [-0.2, -0.15) is 0 Å². The van der Waals surface area contributed by atoms with Crippen LogP contribution in [0.4, 0.5) is 14.5 Å². The quantitative estimate of drug-likeness (QED) is 0.336. The summed E-state index contributed by atoms with van der Waals surface area (Å²) in [6.45, 7) is 5.98. The molecule has 1 amide bonds. The van der Waals surface area contributed by atoms with Crippen molar-refractivity contribution in [1.29, 1.82) is 0 Å². The molecule has 0 saturated carbocycles. The summed E-state index contributed by atoms with van der Waals surface area (Å²) >= 11 is 7.39. The predicted octanol–water partition coefficient (Wildman–Crippen LogP) is 6.27. The minimum Gasteiger partial charge on any atom is -0.484 e. The number of carbonyl (C=O) groups excluding carboxylic acids is 1. The highest BCUT2D eigenvalue weighted by Crippen LogP contribution is 2.30. The Morgan fingerprint density at radius 1 is 1.18 bits per heavy atom. The van der Waals surface area contributed by atoms with Gasteiger partial charge in [0.1, 0.15) is 24.0 Å². The number of nitrogens with zero attached hydrogens (tertiary/aromatic N) is 3. The molecule has 176 valence electrons. The molecule has 6 nitrogen and oxygen atoms in total. The van der Waals surface area contributed by atoms with Crippen molar-refractivity contribution >= 4 is 35.0 Å². The van der Waals surface area contributed by atoms with Gasteiger partial charge in [0.05, 0.1) is 16.0 Å². The number of anilines is 1. The lowest BCUT2D eigenvalue weighted by Gasteiger charge is -2.20. The number of aromatic nitrogens is 3. The van der Waals surface area contributed by atoms with Gasteiger partial charge in [-0.15, -0.1) is 10.2 Å². The maximum absolute atomic E-state index is 13.9. The third-order valence-electron chi connectivity index (χ3n) is 5.08. The molecule has 10 heteroatoms. The minimum atomic E-state index is -0.834. The van der Waals surface area contributed by atoms with Gasteiger partial charge in [0.2, 0.25) is 5.91 Å². The third kappa shape index (κ3) is 6.23. The Balaban J connectivity index is 1.77. The second-order valence-corrected chi connectivity index (χ2v) is 9.05. The van der Waals surface area contributed by atoms with Crippen LogP contribution in [0.2, 0.25) is 5.02 Å². The van der Waals surface area contributed by atoms with Gasteiger partial charge in [-0.3, -0.25) is 4.79 Å². The Kier molecular flexibility index (Phi) is 8.68. The fourth-order valence-electron chi connectivity index (χ4n) is 3.25. The second-order valence-electron chi connectivity index (χ2n) is 7.33. The number of ether oxygens (including phenoxy) is 1. The standard InChI is InChI=1S/C23H25ClF2N4O2S/c1-4-16(5-2)30-21(13-32-20-9-7-6-8-17(20)24)28-29-23(30)33-14(3)22(31)27-19-11-10-15(25)12-18(19)26/h6-12,14,16H,4-5,13H2,1-3H3,(H,27,31). The van der Waals surface area contributed by atoms with Crippen LogP contribution in [0, 0.1) is 11.6 Å². The number of hydrogen-bond donors (Lipinski definition) is 1. The van der Waals surface area contributed by atoms with Crippen LogP contribution in [0.1, 0.15) is 45.5 Å². The van der Waals surface area contributed by atoms with E-state index in [9.17, 15) is 13.6 Å². The molecule has 1 heterocycles. The van der Waals surface area contributed by atoms with Crippen LogP contribution in [0.15, 0.2) is 47.6 Å². The van der Waals surface area contributed by atoms with Crippen molar-refractivity contribution in [2.45, 2.75) is 56.7 Å². The van der Waals surface area contributed by atoms with Gasteiger partial charge in [0, 0.05) is 12.1 Å². The molecule has 3 aromatic rings. The molecule has 0 aliphatic heterocycles. The number of thioether (sulfide) groups is 1. The van der Waals surface area contributed by atoms with E-state index in [4.69, 9.17) is 16.3 Å². The summed E-state index contributed by atoms with van der Waals surface area (Å²) in [6.07, 6.45) is 1.67. The highest BCUT2D eigenvalue weighted by molar-refractivity contribution is 8.00. The lowest BCUT2D eigenvalue weighted by molar-refractivity contribution is -0.115. The zero-order chi connectivity index (χ0) is 24.0. The summed E-state index contributed by atoms with van der Waals surface area (Å²) in [7, 11) is 0. The van der Waals surface area contributed by atoms with Gasteiger partial charge in [0.25, 0.3) is 0 Å². The number of benzene rings is 2. The Hall–Kier alpha value is -2.65. The molecule has 0 aliphatic carbocycles. The van der Waals surface area contributed by atoms with Crippen molar-refractivity contribution < 1.29 is 18.3 Å². The molecule has 33 heavy (non-hydrogen) atoms. The maximum Gasteiger partial charge on any atom is 0.237 e. The molecule has 0 spiro atoms. The van der Waals surface area contributed by atoms with E-state index in [2.05, 4.69) is 29.4 Å². The van der Waals surface area contributed by atoms with E-state index < -0.39 is 22.8 Å². The first-order valence-electron chi connectivity index (χ1n) is 10.6. The molecule has 1 atom stereocenters. The molecule has 1 unspecified atom stereocenters. The molecule has 0 bridgehead atoms. The van der Waals surface area contributed by atoms with Crippen LogP contribution in [-0.2, 0) is 11.4 Å². The Morgan fingerprint density at radius 3 is 2.58 bits per heavy atom. The number of nitrogens with one attached hydrogen (secondary N) is 1. The van der Waals surface area contributed by atoms with E-state index in [-0.39, 0.29) is 18.3 Å². The van der Waals surface area contributed by atoms with Crippen molar-refractivity contribution in [1.82, 2.24) is 14.8 Å². The second kappa shape index (κ2) is 11.5. The summed E-state index contributed by atoms with van der Waals surface area (Å²) in [4.78, 5) is 12.6. The van der Waals surface area contributed by atoms with E-state index in [1.165, 1.54) is 17.8 Å². The fourth-order valence-corrected chi connectivity index (χ4v) is 4.38. The molecule has 1 N–H and O–H groups in total. The molecule has 0 radical (unpaired) electrons. The highest BCUT2D eigenvalue weighted by atomic mass is 35.5. The van der Waals surface area contributed by atoms with Gasteiger partial charge in [-0.05, 0) is 44.0 Å². The van der Waals surface area contributed by atoms with E-state index in [0.29, 0.717) is 21.8 Å². The molecule has 3 rings (SSSR count). The van der Waals surface area contributed by atoms with Crippen LogP contribution >= 0.6 is 23.4 Å². The van der Waals surface area contributed by atoms with Crippen LogP contribution in [0.3, 0.4) is 0 Å². The summed E-state index contributed by atoms with van der Waals surface area (Å²) in [5.74, 6) is -0.819. The van der Waals surface area contributed by atoms with Gasteiger partial charge >= 0.3 is 0 Å². The first-order chi connectivity index (χ1) is 15.8. The first kappa shape index (κ1) is 25.0. The molecule has 0 fully saturated rings. The number of amides is 1. The monoisotopic (exact) mass is 494 g/mol. The predicted molar refractivity (Wildman–Crippen MR) is 126 cm³/mol. The minimum absolute atomic E-state index is 0.0795. The summed E-state index contributed by atoms with van der Waals surface area (Å²) in [5.41, 5.74) is -0.0795. The average molecular weight is 495 g/mol. The van der Waals surface area contributed by atoms with Crippen molar-refractivity contribution in [3.8, 4) is 5.75 Å². The lowest BCUT2D eigenvalue weighted by atomic mass is 10.2. The summed E-state index contributed by atoms with van der Waals surface area (Å²) < 4.78 is 34.9. The van der Waals surface area contributed by atoms with Crippen LogP contribution in [0.5, 0.6) is 5.75 Å². The Labute approximate surface area is 200 Å². The topological polar surface area (TPSA) is 69.0 Å². The SMILES string of the molecule is CCC(CC)n1c(COc2ccccc2Cl)nnc1SC(C)C(=O)Nc1ccc(F)cc1F.